The number of carbonyl (C=O) groups excluding carboxylic acids is 1. The minimum absolute atomic E-state index is 0.142. The van der Waals surface area contributed by atoms with Gasteiger partial charge in [-0.15, -0.1) is 0 Å². The largest absolute Gasteiger partial charge is 0.497 e. The molecule has 3 N–H and O–H groups in total. The number of ether oxygens (including phenoxy) is 4. The number of aromatic nitrogens is 1. The molecule has 4 rings (SSSR count). The fraction of sp³-hybridized carbons (Fsp3) is 0.222. The van der Waals surface area contributed by atoms with E-state index in [1.165, 1.54) is 0 Å². The first-order valence-electron chi connectivity index (χ1n) is 11.1. The molecule has 3 aromatic carbocycles. The maximum atomic E-state index is 12.8. The van der Waals surface area contributed by atoms with Gasteiger partial charge in [-0.05, 0) is 29.3 Å². The Bertz CT molecular complexity index is 1300. The van der Waals surface area contributed by atoms with E-state index in [4.69, 9.17) is 18.9 Å². The molecule has 0 saturated carbocycles. The van der Waals surface area contributed by atoms with Crippen LogP contribution in [0.2, 0.25) is 0 Å². The van der Waals surface area contributed by atoms with Gasteiger partial charge < -0.3 is 34.6 Å². The lowest BCUT2D eigenvalue weighted by Crippen LogP contribution is -2.32. The molecule has 1 heterocycles. The molecule has 0 bridgehead atoms. The molecule has 4 aromatic rings. The summed E-state index contributed by atoms with van der Waals surface area (Å²) < 4.78 is 21.5. The van der Waals surface area contributed by atoms with Crippen molar-refractivity contribution in [1.82, 2.24) is 10.3 Å². The van der Waals surface area contributed by atoms with Gasteiger partial charge in [0.2, 0.25) is 0 Å². The van der Waals surface area contributed by atoms with Gasteiger partial charge in [0, 0.05) is 53.4 Å². The van der Waals surface area contributed by atoms with Crippen LogP contribution in [0.1, 0.15) is 17.0 Å². The molecule has 0 radical (unpaired) electrons. The Hall–Kier alpha value is -4.33. The molecule has 0 fully saturated rings. The molecule has 0 aliphatic rings. The molecule has 0 spiro atoms. The molecule has 1 atom stereocenters. The molecule has 35 heavy (non-hydrogen) atoms. The Morgan fingerprint density at radius 3 is 2.26 bits per heavy atom. The van der Waals surface area contributed by atoms with Crippen molar-refractivity contribution >= 4 is 22.6 Å². The Morgan fingerprint density at radius 2 is 1.57 bits per heavy atom. The van der Waals surface area contributed by atoms with Gasteiger partial charge in [-0.3, -0.25) is 0 Å². The van der Waals surface area contributed by atoms with Crippen molar-refractivity contribution in [2.75, 3.05) is 40.3 Å². The number of anilines is 1. The number of rotatable bonds is 9. The van der Waals surface area contributed by atoms with Gasteiger partial charge >= 0.3 is 6.03 Å². The summed E-state index contributed by atoms with van der Waals surface area (Å²) in [5, 5.41) is 6.95. The second kappa shape index (κ2) is 10.7. The van der Waals surface area contributed by atoms with Gasteiger partial charge in [0.15, 0.2) is 11.5 Å². The number of amides is 2. The number of carbonyl (C=O) groups is 1. The summed E-state index contributed by atoms with van der Waals surface area (Å²) in [6.45, 7) is 0.351. The first-order valence-corrected chi connectivity index (χ1v) is 11.1. The Balaban J connectivity index is 1.61. The SMILES string of the molecule is COc1cc(NC(=O)NCC(c2ccc(OC)c(OC)c2)c2c[nH]c3ccccc23)cc(OC)c1. The number of H-pyrrole nitrogens is 1. The third kappa shape index (κ3) is 5.27. The highest BCUT2D eigenvalue weighted by molar-refractivity contribution is 5.90. The van der Waals surface area contributed by atoms with Gasteiger partial charge in [0.25, 0.3) is 0 Å². The van der Waals surface area contributed by atoms with Crippen LogP contribution in [0, 0.1) is 0 Å². The quantitative estimate of drug-likeness (QED) is 0.311. The van der Waals surface area contributed by atoms with E-state index >= 15 is 0 Å². The molecule has 2 amide bonds. The topological polar surface area (TPSA) is 93.8 Å². The Labute approximate surface area is 204 Å². The summed E-state index contributed by atoms with van der Waals surface area (Å²) in [6, 6.07) is 18.7. The minimum Gasteiger partial charge on any atom is -0.497 e. The number of hydrogen-bond acceptors (Lipinski definition) is 5. The van der Waals surface area contributed by atoms with E-state index in [9.17, 15) is 4.79 Å². The molecular formula is C27H29N3O5. The van der Waals surface area contributed by atoms with Gasteiger partial charge in [0.05, 0.1) is 28.4 Å². The summed E-state index contributed by atoms with van der Waals surface area (Å²) in [7, 11) is 6.34. The molecule has 1 unspecified atom stereocenters. The fourth-order valence-corrected chi connectivity index (χ4v) is 4.11. The smallest absolute Gasteiger partial charge is 0.319 e. The fourth-order valence-electron chi connectivity index (χ4n) is 4.11. The van der Waals surface area contributed by atoms with Gasteiger partial charge in [-0.1, -0.05) is 24.3 Å². The van der Waals surface area contributed by atoms with Crippen LogP contribution in [0.15, 0.2) is 66.9 Å². The second-order valence-corrected chi connectivity index (χ2v) is 7.89. The summed E-state index contributed by atoms with van der Waals surface area (Å²) in [4.78, 5) is 16.2. The normalized spacial score (nSPS) is 11.5. The number of hydrogen-bond donors (Lipinski definition) is 3. The Kier molecular flexibility index (Phi) is 7.30. The summed E-state index contributed by atoms with van der Waals surface area (Å²) >= 11 is 0. The lowest BCUT2D eigenvalue weighted by molar-refractivity contribution is 0.252. The van der Waals surface area contributed by atoms with E-state index in [-0.39, 0.29) is 11.9 Å². The first kappa shape index (κ1) is 23.8. The van der Waals surface area contributed by atoms with Crippen molar-refractivity contribution in [1.29, 1.82) is 0 Å². The molecular weight excluding hydrogens is 446 g/mol. The zero-order valence-electron chi connectivity index (χ0n) is 20.2. The molecule has 0 saturated heterocycles. The number of benzene rings is 3. The molecule has 0 aliphatic heterocycles. The number of nitrogens with one attached hydrogen (secondary N) is 3. The average Bonchev–Trinajstić information content (AvgIpc) is 3.32. The zero-order valence-corrected chi connectivity index (χ0v) is 20.2. The van der Waals surface area contributed by atoms with Crippen LogP contribution >= 0.6 is 0 Å². The van der Waals surface area contributed by atoms with Crippen LogP contribution in [-0.2, 0) is 0 Å². The lowest BCUT2D eigenvalue weighted by Gasteiger charge is -2.20. The van der Waals surface area contributed by atoms with Crippen LogP contribution in [0.25, 0.3) is 10.9 Å². The van der Waals surface area contributed by atoms with Crippen molar-refractivity contribution in [2.24, 2.45) is 0 Å². The van der Waals surface area contributed by atoms with Crippen LogP contribution in [-0.4, -0.2) is 46.0 Å². The Morgan fingerprint density at radius 1 is 0.857 bits per heavy atom. The van der Waals surface area contributed by atoms with Crippen molar-refractivity contribution in [2.45, 2.75) is 5.92 Å². The molecule has 182 valence electrons. The van der Waals surface area contributed by atoms with Crippen LogP contribution < -0.4 is 29.6 Å². The molecule has 1 aromatic heterocycles. The van der Waals surface area contributed by atoms with E-state index in [2.05, 4.69) is 21.7 Å². The van der Waals surface area contributed by atoms with Gasteiger partial charge in [0.1, 0.15) is 11.5 Å². The molecule has 8 heteroatoms. The maximum absolute atomic E-state index is 12.8. The molecule has 8 nitrogen and oxygen atoms in total. The highest BCUT2D eigenvalue weighted by atomic mass is 16.5. The number of para-hydroxylation sites is 1. The predicted octanol–water partition coefficient (Wildman–Crippen LogP) is 5.16. The second-order valence-electron chi connectivity index (χ2n) is 7.89. The van der Waals surface area contributed by atoms with Crippen molar-refractivity contribution in [3.63, 3.8) is 0 Å². The van der Waals surface area contributed by atoms with E-state index in [1.807, 2.05) is 42.6 Å². The van der Waals surface area contributed by atoms with Crippen LogP contribution in [0.5, 0.6) is 23.0 Å². The minimum atomic E-state index is -0.342. The maximum Gasteiger partial charge on any atom is 0.319 e. The standard InChI is InChI=1S/C27H29N3O5/c1-32-19-12-18(13-20(14-19)33-2)30-27(31)29-15-22(17-9-10-25(34-3)26(11-17)35-4)23-16-28-24-8-6-5-7-21(23)24/h5-14,16,22,28H,15H2,1-4H3,(H2,29,30,31). The monoisotopic (exact) mass is 475 g/mol. The van der Waals surface area contributed by atoms with E-state index in [0.29, 0.717) is 35.2 Å². The number of urea groups is 1. The van der Waals surface area contributed by atoms with Gasteiger partial charge in [-0.25, -0.2) is 4.79 Å². The van der Waals surface area contributed by atoms with Crippen molar-refractivity contribution < 1.29 is 23.7 Å². The van der Waals surface area contributed by atoms with E-state index in [1.54, 1.807) is 46.6 Å². The number of methoxy groups -OCH3 is 4. The third-order valence-corrected chi connectivity index (χ3v) is 5.88. The van der Waals surface area contributed by atoms with Crippen molar-refractivity contribution in [3.8, 4) is 23.0 Å². The van der Waals surface area contributed by atoms with Crippen molar-refractivity contribution in [3.05, 3.63) is 78.0 Å². The lowest BCUT2D eigenvalue weighted by atomic mass is 9.90. The summed E-state index contributed by atoms with van der Waals surface area (Å²) in [5.41, 5.74) is 3.64. The first-order chi connectivity index (χ1) is 17.1. The summed E-state index contributed by atoms with van der Waals surface area (Å²) in [6.07, 6.45) is 1.98. The number of fused-ring (bicyclic) bond motifs is 1. The predicted molar refractivity (Wildman–Crippen MR) is 136 cm³/mol. The van der Waals surface area contributed by atoms with Crippen LogP contribution in [0.3, 0.4) is 0 Å². The van der Waals surface area contributed by atoms with E-state index in [0.717, 1.165) is 22.0 Å². The van der Waals surface area contributed by atoms with E-state index < -0.39 is 0 Å². The molecule has 0 aliphatic carbocycles. The summed E-state index contributed by atoms with van der Waals surface area (Å²) in [5.74, 6) is 2.30. The average molecular weight is 476 g/mol. The van der Waals surface area contributed by atoms with Gasteiger partial charge in [-0.2, -0.15) is 0 Å². The number of aromatic amines is 1. The zero-order chi connectivity index (χ0) is 24.8. The highest BCUT2D eigenvalue weighted by Crippen LogP contribution is 2.35. The highest BCUT2D eigenvalue weighted by Gasteiger charge is 2.21. The van der Waals surface area contributed by atoms with Crippen LogP contribution in [0.4, 0.5) is 10.5 Å². The third-order valence-electron chi connectivity index (χ3n) is 5.88.